The van der Waals surface area contributed by atoms with E-state index >= 15 is 0 Å². The van der Waals surface area contributed by atoms with Crippen molar-refractivity contribution in [3.8, 4) is 22.8 Å². The molecule has 0 unspecified atom stereocenters. The standard InChI is InChI=1S/C18H12BrN3O2S2/c19-14-3-2-12(6-13(14)15-8-26-18-21-20-9-22(15)18)25-7-11-1-4-16-17(5-11)24-10-23-16/h1-6,8-9H,7,10H2. The summed E-state index contributed by atoms with van der Waals surface area (Å²) in [5.74, 6) is 2.51. The summed E-state index contributed by atoms with van der Waals surface area (Å²) >= 11 is 7.05. The van der Waals surface area contributed by atoms with Gasteiger partial charge in [0, 0.05) is 26.1 Å². The number of nitrogens with zero attached hydrogens (tertiary/aromatic N) is 3. The molecule has 0 amide bonds. The Labute approximate surface area is 166 Å². The largest absolute Gasteiger partial charge is 0.454 e. The molecule has 3 heterocycles. The fourth-order valence-electron chi connectivity index (χ4n) is 2.82. The molecular formula is C18H12BrN3O2S2. The lowest BCUT2D eigenvalue weighted by Gasteiger charge is -2.08. The van der Waals surface area contributed by atoms with Gasteiger partial charge < -0.3 is 9.47 Å². The Kier molecular flexibility index (Phi) is 4.11. The molecule has 0 saturated carbocycles. The monoisotopic (exact) mass is 445 g/mol. The summed E-state index contributed by atoms with van der Waals surface area (Å²) in [6, 6.07) is 12.5. The van der Waals surface area contributed by atoms with E-state index in [1.165, 1.54) is 10.5 Å². The van der Waals surface area contributed by atoms with Crippen LogP contribution in [0.15, 0.2) is 57.5 Å². The Morgan fingerprint density at radius 1 is 1.15 bits per heavy atom. The van der Waals surface area contributed by atoms with Crippen LogP contribution in [-0.4, -0.2) is 21.4 Å². The number of thiazole rings is 1. The van der Waals surface area contributed by atoms with E-state index in [4.69, 9.17) is 9.47 Å². The molecule has 0 atom stereocenters. The Balaban J connectivity index is 1.41. The number of aromatic nitrogens is 3. The first-order valence-electron chi connectivity index (χ1n) is 7.86. The molecule has 0 fully saturated rings. The zero-order chi connectivity index (χ0) is 17.5. The van der Waals surface area contributed by atoms with Gasteiger partial charge in [-0.05, 0) is 35.9 Å². The molecule has 8 heteroatoms. The van der Waals surface area contributed by atoms with Gasteiger partial charge in [-0.3, -0.25) is 4.40 Å². The van der Waals surface area contributed by atoms with E-state index < -0.39 is 0 Å². The number of benzene rings is 2. The van der Waals surface area contributed by atoms with Gasteiger partial charge in [-0.25, -0.2) is 0 Å². The Bertz CT molecular complexity index is 1110. The van der Waals surface area contributed by atoms with E-state index in [0.717, 1.165) is 37.9 Å². The SMILES string of the molecule is Brc1ccc(SCc2ccc3c(c2)OCO3)cc1-c1csc2nncn12. The van der Waals surface area contributed by atoms with Crippen LogP contribution >= 0.6 is 39.0 Å². The molecule has 5 nitrogen and oxygen atoms in total. The van der Waals surface area contributed by atoms with Crippen molar-refractivity contribution in [3.05, 3.63) is 58.1 Å². The quantitative estimate of drug-likeness (QED) is 0.401. The molecule has 130 valence electrons. The van der Waals surface area contributed by atoms with Crippen molar-refractivity contribution in [1.29, 1.82) is 0 Å². The van der Waals surface area contributed by atoms with E-state index in [9.17, 15) is 0 Å². The summed E-state index contributed by atoms with van der Waals surface area (Å²) in [4.78, 5) is 2.10. The first-order valence-corrected chi connectivity index (χ1v) is 10.5. The van der Waals surface area contributed by atoms with Crippen molar-refractivity contribution >= 4 is 44.0 Å². The van der Waals surface area contributed by atoms with Crippen LogP contribution in [0.2, 0.25) is 0 Å². The smallest absolute Gasteiger partial charge is 0.231 e. The summed E-state index contributed by atoms with van der Waals surface area (Å²) in [5, 5.41) is 10.2. The third-order valence-electron chi connectivity index (χ3n) is 4.11. The zero-order valence-corrected chi connectivity index (χ0v) is 16.6. The van der Waals surface area contributed by atoms with E-state index in [1.807, 2.05) is 10.5 Å². The predicted octanol–water partition coefficient (Wildman–Crippen LogP) is 5.24. The van der Waals surface area contributed by atoms with Gasteiger partial charge in [0.25, 0.3) is 0 Å². The van der Waals surface area contributed by atoms with Gasteiger partial charge in [0.15, 0.2) is 11.5 Å². The molecular weight excluding hydrogens is 434 g/mol. The highest BCUT2D eigenvalue weighted by molar-refractivity contribution is 9.10. The highest BCUT2D eigenvalue weighted by Gasteiger charge is 2.14. The van der Waals surface area contributed by atoms with Crippen LogP contribution in [0.4, 0.5) is 0 Å². The van der Waals surface area contributed by atoms with Crippen molar-refractivity contribution in [2.45, 2.75) is 10.6 Å². The number of rotatable bonds is 4. The van der Waals surface area contributed by atoms with Crippen molar-refractivity contribution < 1.29 is 9.47 Å². The third kappa shape index (κ3) is 2.87. The number of thioether (sulfide) groups is 1. The van der Waals surface area contributed by atoms with Crippen LogP contribution in [0.5, 0.6) is 11.5 Å². The summed E-state index contributed by atoms with van der Waals surface area (Å²) in [6.45, 7) is 0.306. The minimum atomic E-state index is 0.306. The molecule has 4 aromatic rings. The highest BCUT2D eigenvalue weighted by Crippen LogP contribution is 2.37. The van der Waals surface area contributed by atoms with Gasteiger partial charge in [0.2, 0.25) is 11.8 Å². The minimum Gasteiger partial charge on any atom is -0.454 e. The summed E-state index contributed by atoms with van der Waals surface area (Å²) in [7, 11) is 0. The molecule has 2 aromatic heterocycles. The van der Waals surface area contributed by atoms with E-state index in [0.29, 0.717) is 6.79 Å². The molecule has 0 spiro atoms. The summed E-state index contributed by atoms with van der Waals surface area (Å²) < 4.78 is 13.9. The van der Waals surface area contributed by atoms with Crippen molar-refractivity contribution in [3.63, 3.8) is 0 Å². The molecule has 0 bridgehead atoms. The number of fused-ring (bicyclic) bond motifs is 2. The molecule has 5 rings (SSSR count). The fourth-order valence-corrected chi connectivity index (χ4v) is 4.96. The molecule has 26 heavy (non-hydrogen) atoms. The maximum atomic E-state index is 5.46. The lowest BCUT2D eigenvalue weighted by Crippen LogP contribution is -1.92. The molecule has 0 saturated heterocycles. The van der Waals surface area contributed by atoms with E-state index in [-0.39, 0.29) is 0 Å². The van der Waals surface area contributed by atoms with Gasteiger partial charge in [-0.2, -0.15) is 0 Å². The lowest BCUT2D eigenvalue weighted by molar-refractivity contribution is 0.174. The number of hydrogen-bond donors (Lipinski definition) is 0. The predicted molar refractivity (Wildman–Crippen MR) is 106 cm³/mol. The van der Waals surface area contributed by atoms with Crippen LogP contribution in [0, 0.1) is 0 Å². The average Bonchev–Trinajstić information content (AvgIpc) is 3.37. The Morgan fingerprint density at radius 3 is 3.04 bits per heavy atom. The second-order valence-corrected chi connectivity index (χ2v) is 8.46. The van der Waals surface area contributed by atoms with Crippen LogP contribution < -0.4 is 9.47 Å². The number of hydrogen-bond acceptors (Lipinski definition) is 6. The van der Waals surface area contributed by atoms with Crippen molar-refractivity contribution in [2.24, 2.45) is 0 Å². The zero-order valence-electron chi connectivity index (χ0n) is 13.4. The molecule has 1 aliphatic rings. The van der Waals surface area contributed by atoms with Crippen LogP contribution in [0.1, 0.15) is 5.56 Å². The lowest BCUT2D eigenvalue weighted by atomic mass is 10.2. The molecule has 0 N–H and O–H groups in total. The highest BCUT2D eigenvalue weighted by atomic mass is 79.9. The van der Waals surface area contributed by atoms with Crippen molar-refractivity contribution in [1.82, 2.24) is 14.6 Å². The van der Waals surface area contributed by atoms with Crippen LogP contribution in [-0.2, 0) is 5.75 Å². The van der Waals surface area contributed by atoms with Gasteiger partial charge in [0.1, 0.15) is 6.33 Å². The summed E-state index contributed by atoms with van der Waals surface area (Å²) in [5.41, 5.74) is 3.43. The van der Waals surface area contributed by atoms with E-state index in [1.54, 1.807) is 29.4 Å². The second-order valence-electron chi connectivity index (χ2n) is 5.72. The number of halogens is 1. The maximum Gasteiger partial charge on any atom is 0.231 e. The summed E-state index contributed by atoms with van der Waals surface area (Å²) in [6.07, 6.45) is 1.75. The first kappa shape index (κ1) is 16.2. The van der Waals surface area contributed by atoms with Gasteiger partial charge in [0.05, 0.1) is 5.69 Å². The molecule has 2 aromatic carbocycles. The molecule has 0 aliphatic carbocycles. The van der Waals surface area contributed by atoms with Gasteiger partial charge >= 0.3 is 0 Å². The number of ether oxygens (including phenoxy) is 2. The van der Waals surface area contributed by atoms with Crippen LogP contribution in [0.3, 0.4) is 0 Å². The van der Waals surface area contributed by atoms with E-state index in [2.05, 4.69) is 61.8 Å². The molecule has 1 aliphatic heterocycles. The Morgan fingerprint density at radius 2 is 2.08 bits per heavy atom. The first-order chi connectivity index (χ1) is 12.8. The average molecular weight is 446 g/mol. The van der Waals surface area contributed by atoms with Gasteiger partial charge in [-0.1, -0.05) is 22.0 Å². The third-order valence-corrected chi connectivity index (χ3v) is 6.69. The van der Waals surface area contributed by atoms with Gasteiger partial charge in [-0.15, -0.1) is 33.3 Å². The maximum absolute atomic E-state index is 5.46. The van der Waals surface area contributed by atoms with Crippen LogP contribution in [0.25, 0.3) is 16.2 Å². The normalized spacial score (nSPS) is 12.8. The Hall–Kier alpha value is -2.03. The van der Waals surface area contributed by atoms with Crippen molar-refractivity contribution in [2.75, 3.05) is 6.79 Å². The fraction of sp³-hybridized carbons (Fsp3) is 0.111. The topological polar surface area (TPSA) is 48.7 Å². The molecule has 0 radical (unpaired) electrons. The second kappa shape index (κ2) is 6.61. The minimum absolute atomic E-state index is 0.306.